The molecule has 1 unspecified atom stereocenters. The zero-order chi connectivity index (χ0) is 10.7. The van der Waals surface area contributed by atoms with Gasteiger partial charge in [0.05, 0.1) is 6.33 Å². The maximum Gasteiger partial charge on any atom is 0.252 e. The number of aromatic nitrogens is 2. The first-order chi connectivity index (χ1) is 7.24. The van der Waals surface area contributed by atoms with Crippen LogP contribution in [0.4, 0.5) is 5.82 Å². The third kappa shape index (κ3) is 2.79. The topological polar surface area (TPSA) is 61.0 Å². The van der Waals surface area contributed by atoms with Crippen molar-refractivity contribution in [3.63, 3.8) is 0 Å². The van der Waals surface area contributed by atoms with E-state index in [1.54, 1.807) is 0 Å². The highest BCUT2D eigenvalue weighted by Gasteiger charge is 2.18. The number of H-pyrrole nitrogens is 1. The third-order valence-corrected chi connectivity index (χ3v) is 2.74. The minimum Gasteiger partial charge on any atom is -0.370 e. The van der Waals surface area contributed by atoms with Crippen molar-refractivity contribution in [3.8, 4) is 0 Å². The summed E-state index contributed by atoms with van der Waals surface area (Å²) < 4.78 is 0. The lowest BCUT2D eigenvalue weighted by Crippen LogP contribution is -2.20. The Bertz CT molecular complexity index is 376. The van der Waals surface area contributed by atoms with E-state index in [1.165, 1.54) is 18.8 Å². The Kier molecular flexibility index (Phi) is 3.01. The lowest BCUT2D eigenvalue weighted by atomic mass is 10.1. The summed E-state index contributed by atoms with van der Waals surface area (Å²) in [6, 6.07) is 1.48. The molecule has 0 aromatic carbocycles. The van der Waals surface area contributed by atoms with E-state index < -0.39 is 0 Å². The highest BCUT2D eigenvalue weighted by Crippen LogP contribution is 2.14. The highest BCUT2D eigenvalue weighted by molar-refractivity contribution is 5.31. The van der Waals surface area contributed by atoms with Gasteiger partial charge >= 0.3 is 0 Å². The fourth-order valence-corrected chi connectivity index (χ4v) is 1.91. The lowest BCUT2D eigenvalue weighted by Gasteiger charge is -2.11. The molecule has 0 saturated carbocycles. The molecule has 1 aliphatic rings. The van der Waals surface area contributed by atoms with Crippen LogP contribution in [-0.4, -0.2) is 41.5 Å². The summed E-state index contributed by atoms with van der Waals surface area (Å²) in [6.07, 6.45) is 2.64. The van der Waals surface area contributed by atoms with Crippen molar-refractivity contribution >= 4 is 5.82 Å². The summed E-state index contributed by atoms with van der Waals surface area (Å²) in [4.78, 5) is 19.8. The van der Waals surface area contributed by atoms with Crippen LogP contribution >= 0.6 is 0 Å². The summed E-state index contributed by atoms with van der Waals surface area (Å²) in [5.41, 5.74) is -0.115. The zero-order valence-electron chi connectivity index (χ0n) is 8.86. The molecule has 0 bridgehead atoms. The molecule has 1 fully saturated rings. The van der Waals surface area contributed by atoms with Gasteiger partial charge in [0.15, 0.2) is 0 Å². The Morgan fingerprint density at radius 3 is 3.27 bits per heavy atom. The lowest BCUT2D eigenvalue weighted by molar-refractivity contribution is 0.399. The largest absolute Gasteiger partial charge is 0.370 e. The normalized spacial score (nSPS) is 21.8. The Morgan fingerprint density at radius 1 is 1.73 bits per heavy atom. The second-order valence-electron chi connectivity index (χ2n) is 4.09. The molecule has 1 aromatic heterocycles. The number of likely N-dealkylation sites (tertiary alicyclic amines) is 1. The molecule has 1 saturated heterocycles. The number of aromatic amines is 1. The number of anilines is 1. The fourth-order valence-electron chi connectivity index (χ4n) is 1.91. The molecule has 2 rings (SSSR count). The minimum atomic E-state index is -0.115. The van der Waals surface area contributed by atoms with Gasteiger partial charge in [-0.1, -0.05) is 0 Å². The predicted molar refractivity (Wildman–Crippen MR) is 59.0 cm³/mol. The van der Waals surface area contributed by atoms with Crippen molar-refractivity contribution in [2.24, 2.45) is 5.92 Å². The molecule has 82 valence electrons. The van der Waals surface area contributed by atoms with E-state index >= 15 is 0 Å². The van der Waals surface area contributed by atoms with Crippen molar-refractivity contribution in [1.29, 1.82) is 0 Å². The van der Waals surface area contributed by atoms with Gasteiger partial charge in [0.1, 0.15) is 5.82 Å². The molecule has 2 heterocycles. The van der Waals surface area contributed by atoms with Crippen LogP contribution in [0.15, 0.2) is 17.2 Å². The van der Waals surface area contributed by atoms with Crippen molar-refractivity contribution < 1.29 is 0 Å². The SMILES string of the molecule is CN1CCC(CNc2cc(=O)[nH]cn2)C1. The summed E-state index contributed by atoms with van der Waals surface area (Å²) in [7, 11) is 2.13. The number of hydrogen-bond acceptors (Lipinski definition) is 4. The average Bonchev–Trinajstić information content (AvgIpc) is 2.62. The Morgan fingerprint density at radius 2 is 2.60 bits per heavy atom. The second kappa shape index (κ2) is 4.44. The van der Waals surface area contributed by atoms with E-state index in [0.29, 0.717) is 11.7 Å². The van der Waals surface area contributed by atoms with Gasteiger partial charge in [0, 0.05) is 19.2 Å². The predicted octanol–water partition coefficient (Wildman–Crippen LogP) is 0.133. The minimum absolute atomic E-state index is 0.115. The first-order valence-electron chi connectivity index (χ1n) is 5.21. The van der Waals surface area contributed by atoms with Gasteiger partial charge in [-0.05, 0) is 25.9 Å². The van der Waals surface area contributed by atoms with Crippen LogP contribution in [-0.2, 0) is 0 Å². The van der Waals surface area contributed by atoms with Crippen LogP contribution < -0.4 is 10.9 Å². The Balaban J connectivity index is 1.85. The van der Waals surface area contributed by atoms with E-state index in [0.717, 1.165) is 19.6 Å². The van der Waals surface area contributed by atoms with Gasteiger partial charge in [-0.15, -0.1) is 0 Å². The van der Waals surface area contributed by atoms with Crippen molar-refractivity contribution in [2.75, 3.05) is 32.0 Å². The molecule has 15 heavy (non-hydrogen) atoms. The summed E-state index contributed by atoms with van der Waals surface area (Å²) in [5, 5.41) is 3.19. The monoisotopic (exact) mass is 208 g/mol. The standard InChI is InChI=1S/C10H16N4O/c1-14-3-2-8(6-14)5-11-9-4-10(15)13-7-12-9/h4,7-8H,2-3,5-6H2,1H3,(H2,11,12,13,15). The van der Waals surface area contributed by atoms with Gasteiger partial charge in [0.25, 0.3) is 5.56 Å². The van der Waals surface area contributed by atoms with Crippen LogP contribution in [0.5, 0.6) is 0 Å². The Hall–Kier alpha value is -1.36. The molecule has 0 radical (unpaired) electrons. The van der Waals surface area contributed by atoms with Crippen molar-refractivity contribution in [1.82, 2.24) is 14.9 Å². The van der Waals surface area contributed by atoms with Crippen LogP contribution in [0.2, 0.25) is 0 Å². The quantitative estimate of drug-likeness (QED) is 0.741. The van der Waals surface area contributed by atoms with E-state index in [4.69, 9.17) is 0 Å². The molecular formula is C10H16N4O. The Labute approximate surface area is 88.5 Å². The molecule has 5 heteroatoms. The molecule has 2 N–H and O–H groups in total. The third-order valence-electron chi connectivity index (χ3n) is 2.74. The van der Waals surface area contributed by atoms with Crippen LogP contribution in [0, 0.1) is 5.92 Å². The molecule has 1 atom stereocenters. The average molecular weight is 208 g/mol. The molecule has 0 amide bonds. The van der Waals surface area contributed by atoms with Crippen molar-refractivity contribution in [3.05, 3.63) is 22.7 Å². The van der Waals surface area contributed by atoms with Gasteiger partial charge in [-0.2, -0.15) is 0 Å². The van der Waals surface area contributed by atoms with Gasteiger partial charge in [-0.3, -0.25) is 4.79 Å². The van der Waals surface area contributed by atoms with E-state index in [2.05, 4.69) is 27.2 Å². The smallest absolute Gasteiger partial charge is 0.252 e. The highest BCUT2D eigenvalue weighted by atomic mass is 16.1. The van der Waals surface area contributed by atoms with Gasteiger partial charge < -0.3 is 15.2 Å². The van der Waals surface area contributed by atoms with E-state index in [1.807, 2.05) is 0 Å². The summed E-state index contributed by atoms with van der Waals surface area (Å²) in [5.74, 6) is 1.32. The van der Waals surface area contributed by atoms with Crippen LogP contribution in [0.25, 0.3) is 0 Å². The number of nitrogens with one attached hydrogen (secondary N) is 2. The van der Waals surface area contributed by atoms with E-state index in [-0.39, 0.29) is 5.56 Å². The summed E-state index contributed by atoms with van der Waals surface area (Å²) in [6.45, 7) is 3.17. The first-order valence-corrected chi connectivity index (χ1v) is 5.21. The number of hydrogen-bond donors (Lipinski definition) is 2. The molecule has 0 aliphatic carbocycles. The maximum atomic E-state index is 11.0. The van der Waals surface area contributed by atoms with E-state index in [9.17, 15) is 4.79 Å². The van der Waals surface area contributed by atoms with Crippen LogP contribution in [0.3, 0.4) is 0 Å². The summed E-state index contributed by atoms with van der Waals surface area (Å²) >= 11 is 0. The van der Waals surface area contributed by atoms with Gasteiger partial charge in [-0.25, -0.2) is 4.98 Å². The fraction of sp³-hybridized carbons (Fsp3) is 0.600. The zero-order valence-corrected chi connectivity index (χ0v) is 8.86. The van der Waals surface area contributed by atoms with Crippen LogP contribution in [0.1, 0.15) is 6.42 Å². The second-order valence-corrected chi connectivity index (χ2v) is 4.09. The molecule has 1 aliphatic heterocycles. The molecular weight excluding hydrogens is 192 g/mol. The molecule has 5 nitrogen and oxygen atoms in total. The number of rotatable bonds is 3. The molecule has 1 aromatic rings. The molecule has 0 spiro atoms. The number of nitrogens with zero attached hydrogens (tertiary/aromatic N) is 2. The maximum absolute atomic E-state index is 11.0. The van der Waals surface area contributed by atoms with Crippen molar-refractivity contribution in [2.45, 2.75) is 6.42 Å². The first kappa shape index (κ1) is 10.2. The van der Waals surface area contributed by atoms with Gasteiger partial charge in [0.2, 0.25) is 0 Å².